The monoisotopic (exact) mass is 464 g/mol. The summed E-state index contributed by atoms with van der Waals surface area (Å²) in [5.41, 5.74) is 0. The summed E-state index contributed by atoms with van der Waals surface area (Å²) in [5.74, 6) is -0.131. The molecular formula is C24H48O8. The zero-order valence-corrected chi connectivity index (χ0v) is 20.6. The SMILES string of the molecule is CCCCCCCCCC(=O)OCCOCCOCCOCCOCCOCCOCC. The Bertz CT molecular complexity index is 368. The second-order valence-corrected chi connectivity index (χ2v) is 7.35. The summed E-state index contributed by atoms with van der Waals surface area (Å²) in [6, 6.07) is 0. The molecule has 0 saturated carbocycles. The van der Waals surface area contributed by atoms with E-state index in [9.17, 15) is 4.79 Å². The molecule has 0 saturated heterocycles. The van der Waals surface area contributed by atoms with Crippen LogP contribution in [0.5, 0.6) is 0 Å². The number of carbonyl (C=O) groups excluding carboxylic acids is 1. The van der Waals surface area contributed by atoms with Crippen molar-refractivity contribution in [2.75, 3.05) is 85.9 Å². The maximum Gasteiger partial charge on any atom is 0.305 e. The lowest BCUT2D eigenvalue weighted by Crippen LogP contribution is -2.15. The van der Waals surface area contributed by atoms with Crippen molar-refractivity contribution in [3.8, 4) is 0 Å². The standard InChI is InChI=1S/C24H48O8/c1-3-5-6-7-8-9-10-11-24(25)32-23-22-31-21-20-30-19-18-29-17-16-28-15-14-27-13-12-26-4-2/h3-23H2,1-2H3. The molecule has 0 aromatic carbocycles. The zero-order valence-electron chi connectivity index (χ0n) is 20.6. The number of hydrogen-bond acceptors (Lipinski definition) is 8. The van der Waals surface area contributed by atoms with Gasteiger partial charge in [0.15, 0.2) is 0 Å². The molecule has 0 spiro atoms. The van der Waals surface area contributed by atoms with Gasteiger partial charge < -0.3 is 33.2 Å². The van der Waals surface area contributed by atoms with Crippen LogP contribution >= 0.6 is 0 Å². The highest BCUT2D eigenvalue weighted by Gasteiger charge is 2.02. The van der Waals surface area contributed by atoms with Crippen LogP contribution in [0, 0.1) is 0 Å². The Kier molecular flexibility index (Phi) is 27.6. The van der Waals surface area contributed by atoms with E-state index in [-0.39, 0.29) is 5.97 Å². The molecule has 0 N–H and O–H groups in total. The Morgan fingerprint density at radius 2 is 0.844 bits per heavy atom. The molecule has 0 aromatic rings. The molecule has 0 amide bonds. The van der Waals surface area contributed by atoms with E-state index in [2.05, 4.69) is 6.92 Å². The largest absolute Gasteiger partial charge is 0.463 e. The van der Waals surface area contributed by atoms with Crippen LogP contribution in [0.15, 0.2) is 0 Å². The van der Waals surface area contributed by atoms with Gasteiger partial charge in [0, 0.05) is 13.0 Å². The van der Waals surface area contributed by atoms with Gasteiger partial charge in [0.25, 0.3) is 0 Å². The maximum atomic E-state index is 11.6. The van der Waals surface area contributed by atoms with Crippen molar-refractivity contribution in [2.45, 2.75) is 65.2 Å². The Hall–Kier alpha value is -0.770. The lowest BCUT2D eigenvalue weighted by atomic mass is 10.1. The van der Waals surface area contributed by atoms with Gasteiger partial charge in [-0.2, -0.15) is 0 Å². The third-order valence-corrected chi connectivity index (χ3v) is 4.54. The minimum Gasteiger partial charge on any atom is -0.463 e. The number of rotatable bonds is 27. The van der Waals surface area contributed by atoms with Gasteiger partial charge in [0.05, 0.1) is 72.7 Å². The fourth-order valence-corrected chi connectivity index (χ4v) is 2.76. The summed E-state index contributed by atoms with van der Waals surface area (Å²) in [7, 11) is 0. The smallest absolute Gasteiger partial charge is 0.305 e. The molecule has 0 radical (unpaired) electrons. The fraction of sp³-hybridized carbons (Fsp3) is 0.958. The predicted octanol–water partition coefficient (Wildman–Crippen LogP) is 3.79. The molecular weight excluding hydrogens is 416 g/mol. The number of esters is 1. The summed E-state index contributed by atoms with van der Waals surface area (Å²) in [4.78, 5) is 11.6. The Balaban J connectivity index is 3.10. The van der Waals surface area contributed by atoms with Crippen molar-refractivity contribution < 1.29 is 38.0 Å². The zero-order chi connectivity index (χ0) is 23.4. The molecule has 8 heteroatoms. The Morgan fingerprint density at radius 1 is 0.469 bits per heavy atom. The first-order valence-electron chi connectivity index (χ1n) is 12.4. The number of hydrogen-bond donors (Lipinski definition) is 0. The van der Waals surface area contributed by atoms with Gasteiger partial charge in [-0.3, -0.25) is 4.79 Å². The fourth-order valence-electron chi connectivity index (χ4n) is 2.76. The van der Waals surface area contributed by atoms with Crippen LogP contribution in [0.1, 0.15) is 65.2 Å². The van der Waals surface area contributed by atoms with Crippen LogP contribution in [0.25, 0.3) is 0 Å². The first-order valence-corrected chi connectivity index (χ1v) is 12.4. The molecule has 0 aliphatic rings. The third-order valence-electron chi connectivity index (χ3n) is 4.54. The molecule has 32 heavy (non-hydrogen) atoms. The Labute approximate surface area is 195 Å². The van der Waals surface area contributed by atoms with Gasteiger partial charge >= 0.3 is 5.97 Å². The van der Waals surface area contributed by atoms with E-state index < -0.39 is 0 Å². The van der Waals surface area contributed by atoms with Crippen molar-refractivity contribution in [1.82, 2.24) is 0 Å². The maximum absolute atomic E-state index is 11.6. The lowest BCUT2D eigenvalue weighted by molar-refractivity contribution is -0.145. The van der Waals surface area contributed by atoms with Gasteiger partial charge in [-0.1, -0.05) is 45.4 Å². The van der Waals surface area contributed by atoms with Crippen LogP contribution in [0.4, 0.5) is 0 Å². The molecule has 0 aliphatic carbocycles. The second-order valence-electron chi connectivity index (χ2n) is 7.35. The van der Waals surface area contributed by atoms with E-state index in [1.165, 1.54) is 32.1 Å². The first kappa shape index (κ1) is 31.2. The van der Waals surface area contributed by atoms with Crippen molar-refractivity contribution in [3.63, 3.8) is 0 Å². The van der Waals surface area contributed by atoms with Crippen molar-refractivity contribution in [1.29, 1.82) is 0 Å². The minimum atomic E-state index is -0.131. The van der Waals surface area contributed by atoms with Gasteiger partial charge in [-0.25, -0.2) is 0 Å². The third kappa shape index (κ3) is 27.3. The number of unbranched alkanes of at least 4 members (excludes halogenated alkanes) is 6. The van der Waals surface area contributed by atoms with E-state index in [1.807, 2.05) is 6.92 Å². The molecule has 0 atom stereocenters. The molecule has 0 aliphatic heterocycles. The van der Waals surface area contributed by atoms with Crippen LogP contribution in [0.2, 0.25) is 0 Å². The van der Waals surface area contributed by atoms with E-state index in [4.69, 9.17) is 33.2 Å². The lowest BCUT2D eigenvalue weighted by Gasteiger charge is -2.08. The van der Waals surface area contributed by atoms with E-state index in [0.717, 1.165) is 12.8 Å². The quantitative estimate of drug-likeness (QED) is 0.134. The average Bonchev–Trinajstić information content (AvgIpc) is 2.80. The van der Waals surface area contributed by atoms with E-state index in [1.54, 1.807) is 0 Å². The minimum absolute atomic E-state index is 0.131. The molecule has 0 unspecified atom stereocenters. The van der Waals surface area contributed by atoms with Crippen molar-refractivity contribution in [3.05, 3.63) is 0 Å². The highest BCUT2D eigenvalue weighted by atomic mass is 16.6. The van der Waals surface area contributed by atoms with E-state index in [0.29, 0.717) is 92.3 Å². The van der Waals surface area contributed by atoms with Crippen molar-refractivity contribution in [2.24, 2.45) is 0 Å². The molecule has 0 aromatic heterocycles. The molecule has 0 rings (SSSR count). The predicted molar refractivity (Wildman–Crippen MR) is 124 cm³/mol. The molecule has 192 valence electrons. The topological polar surface area (TPSA) is 81.7 Å². The summed E-state index contributed by atoms with van der Waals surface area (Å²) in [6.07, 6.45) is 8.87. The molecule has 8 nitrogen and oxygen atoms in total. The van der Waals surface area contributed by atoms with Crippen molar-refractivity contribution >= 4 is 5.97 Å². The summed E-state index contributed by atoms with van der Waals surface area (Å²) in [6.45, 7) is 11.0. The van der Waals surface area contributed by atoms with Crippen LogP contribution < -0.4 is 0 Å². The molecule has 0 bridgehead atoms. The average molecular weight is 465 g/mol. The number of carbonyl (C=O) groups is 1. The highest BCUT2D eigenvalue weighted by molar-refractivity contribution is 5.69. The molecule has 0 heterocycles. The van der Waals surface area contributed by atoms with Gasteiger partial charge in [0.1, 0.15) is 6.61 Å². The summed E-state index contributed by atoms with van der Waals surface area (Å²) < 4.78 is 37.3. The summed E-state index contributed by atoms with van der Waals surface area (Å²) in [5, 5.41) is 0. The van der Waals surface area contributed by atoms with Gasteiger partial charge in [-0.05, 0) is 13.3 Å². The van der Waals surface area contributed by atoms with E-state index >= 15 is 0 Å². The van der Waals surface area contributed by atoms with Gasteiger partial charge in [-0.15, -0.1) is 0 Å². The second kappa shape index (κ2) is 28.3. The first-order chi connectivity index (χ1) is 15.8. The summed E-state index contributed by atoms with van der Waals surface area (Å²) >= 11 is 0. The van der Waals surface area contributed by atoms with Crippen LogP contribution in [0.3, 0.4) is 0 Å². The van der Waals surface area contributed by atoms with Crippen LogP contribution in [-0.4, -0.2) is 91.9 Å². The highest BCUT2D eigenvalue weighted by Crippen LogP contribution is 2.08. The normalized spacial score (nSPS) is 11.2. The van der Waals surface area contributed by atoms with Gasteiger partial charge in [0.2, 0.25) is 0 Å². The Morgan fingerprint density at radius 3 is 1.28 bits per heavy atom. The number of ether oxygens (including phenoxy) is 7. The molecule has 0 fully saturated rings. The van der Waals surface area contributed by atoms with Crippen LogP contribution in [-0.2, 0) is 38.0 Å².